The third kappa shape index (κ3) is 5.24. The standard InChI is InChI=1S/C19H21ClN2O6S/c1-26-16-8-7-13(20)9-15(16)22(29(2,24)25)11-19(23)21-10-14-12-27-17-5-3-4-6-18(17)28-14/h3-9,14H,10-12H2,1-2H3,(H,21,23)/t14-/m1/s1. The molecule has 1 N–H and O–H groups in total. The van der Waals surface area contributed by atoms with E-state index in [0.29, 0.717) is 16.5 Å². The van der Waals surface area contributed by atoms with Crippen molar-refractivity contribution in [1.82, 2.24) is 5.32 Å². The Hall–Kier alpha value is -2.65. The third-order valence-electron chi connectivity index (χ3n) is 4.19. The van der Waals surface area contributed by atoms with Crippen LogP contribution in [0.15, 0.2) is 42.5 Å². The number of fused-ring (bicyclic) bond motifs is 1. The molecular weight excluding hydrogens is 420 g/mol. The highest BCUT2D eigenvalue weighted by Crippen LogP contribution is 2.33. The van der Waals surface area contributed by atoms with Crippen molar-refractivity contribution in [1.29, 1.82) is 0 Å². The van der Waals surface area contributed by atoms with Crippen LogP contribution in [0.1, 0.15) is 0 Å². The number of methoxy groups -OCH3 is 1. The van der Waals surface area contributed by atoms with Crippen molar-refractivity contribution < 1.29 is 27.4 Å². The average Bonchev–Trinajstić information content (AvgIpc) is 2.69. The number of para-hydroxylation sites is 2. The quantitative estimate of drug-likeness (QED) is 0.708. The minimum Gasteiger partial charge on any atom is -0.495 e. The van der Waals surface area contributed by atoms with Gasteiger partial charge in [-0.15, -0.1) is 0 Å². The first-order valence-corrected chi connectivity index (χ1v) is 11.0. The predicted molar refractivity (Wildman–Crippen MR) is 110 cm³/mol. The second-order valence-electron chi connectivity index (χ2n) is 6.39. The van der Waals surface area contributed by atoms with Gasteiger partial charge >= 0.3 is 0 Å². The predicted octanol–water partition coefficient (Wildman–Crippen LogP) is 2.07. The molecule has 0 fully saturated rings. The van der Waals surface area contributed by atoms with Crippen molar-refractivity contribution in [2.75, 3.05) is 37.4 Å². The highest BCUT2D eigenvalue weighted by molar-refractivity contribution is 7.92. The van der Waals surface area contributed by atoms with Gasteiger partial charge in [0.15, 0.2) is 11.5 Å². The molecule has 0 spiro atoms. The Labute approximate surface area is 174 Å². The van der Waals surface area contributed by atoms with Crippen molar-refractivity contribution in [3.63, 3.8) is 0 Å². The number of hydrogen-bond acceptors (Lipinski definition) is 6. The summed E-state index contributed by atoms with van der Waals surface area (Å²) in [6.07, 6.45) is 0.622. The van der Waals surface area contributed by atoms with Crippen molar-refractivity contribution in [2.24, 2.45) is 0 Å². The molecule has 2 aromatic rings. The van der Waals surface area contributed by atoms with E-state index in [0.717, 1.165) is 10.6 Å². The van der Waals surface area contributed by atoms with Crippen LogP contribution in [0, 0.1) is 0 Å². The lowest BCUT2D eigenvalue weighted by molar-refractivity contribution is -0.120. The highest BCUT2D eigenvalue weighted by Gasteiger charge is 2.26. The van der Waals surface area contributed by atoms with Crippen molar-refractivity contribution in [2.45, 2.75) is 6.10 Å². The number of carbonyl (C=O) groups excluding carboxylic acids is 1. The van der Waals surface area contributed by atoms with Gasteiger partial charge in [-0.3, -0.25) is 9.10 Å². The summed E-state index contributed by atoms with van der Waals surface area (Å²) in [6, 6.07) is 11.8. The number of nitrogens with zero attached hydrogens (tertiary/aromatic N) is 1. The third-order valence-corrected chi connectivity index (χ3v) is 5.55. The van der Waals surface area contributed by atoms with Crippen LogP contribution in [-0.2, 0) is 14.8 Å². The summed E-state index contributed by atoms with van der Waals surface area (Å²) in [5, 5.41) is 3.00. The van der Waals surface area contributed by atoms with E-state index in [9.17, 15) is 13.2 Å². The molecule has 0 aromatic heterocycles. The lowest BCUT2D eigenvalue weighted by Crippen LogP contribution is -2.45. The van der Waals surface area contributed by atoms with Gasteiger partial charge in [0.25, 0.3) is 0 Å². The molecule has 1 aliphatic rings. The lowest BCUT2D eigenvalue weighted by atomic mass is 10.2. The van der Waals surface area contributed by atoms with E-state index in [-0.39, 0.29) is 30.7 Å². The van der Waals surface area contributed by atoms with Crippen molar-refractivity contribution >= 4 is 33.2 Å². The van der Waals surface area contributed by atoms with Gasteiger partial charge in [-0.25, -0.2) is 8.42 Å². The van der Waals surface area contributed by atoms with Crippen LogP contribution in [-0.4, -0.2) is 53.5 Å². The second kappa shape index (κ2) is 8.79. The van der Waals surface area contributed by atoms with E-state index >= 15 is 0 Å². The molecule has 0 aliphatic carbocycles. The maximum absolute atomic E-state index is 12.5. The number of rotatable bonds is 7. The first-order valence-electron chi connectivity index (χ1n) is 8.74. The number of carbonyl (C=O) groups is 1. The van der Waals surface area contributed by atoms with E-state index in [4.69, 9.17) is 25.8 Å². The van der Waals surface area contributed by atoms with Crippen molar-refractivity contribution in [3.8, 4) is 17.2 Å². The Morgan fingerprint density at radius 1 is 1.28 bits per heavy atom. The summed E-state index contributed by atoms with van der Waals surface area (Å²) < 4.78 is 42.1. The normalized spacial score (nSPS) is 15.5. The zero-order chi connectivity index (χ0) is 21.0. The molecule has 1 heterocycles. The molecule has 3 rings (SSSR count). The van der Waals surface area contributed by atoms with E-state index in [1.54, 1.807) is 24.3 Å². The average molecular weight is 441 g/mol. The van der Waals surface area contributed by atoms with Gasteiger partial charge in [-0.1, -0.05) is 23.7 Å². The van der Waals surface area contributed by atoms with Crippen LogP contribution < -0.4 is 23.8 Å². The van der Waals surface area contributed by atoms with Crippen LogP contribution in [0.2, 0.25) is 5.02 Å². The van der Waals surface area contributed by atoms with E-state index in [1.165, 1.54) is 13.2 Å². The first kappa shape index (κ1) is 21.1. The Morgan fingerprint density at radius 2 is 2.00 bits per heavy atom. The molecule has 2 aromatic carbocycles. The molecule has 10 heteroatoms. The number of amides is 1. The zero-order valence-electron chi connectivity index (χ0n) is 15.9. The SMILES string of the molecule is COc1ccc(Cl)cc1N(CC(=O)NC[C@@H]1COc2ccccc2O1)S(C)(=O)=O. The summed E-state index contributed by atoms with van der Waals surface area (Å²) in [5.74, 6) is 1.03. The number of anilines is 1. The Balaban J connectivity index is 1.67. The summed E-state index contributed by atoms with van der Waals surface area (Å²) in [4.78, 5) is 12.5. The Morgan fingerprint density at radius 3 is 2.69 bits per heavy atom. The first-order chi connectivity index (χ1) is 13.8. The van der Waals surface area contributed by atoms with Crippen LogP contribution in [0.4, 0.5) is 5.69 Å². The number of nitrogens with one attached hydrogen (secondary N) is 1. The second-order valence-corrected chi connectivity index (χ2v) is 8.73. The molecule has 0 saturated heterocycles. The van der Waals surface area contributed by atoms with Crippen LogP contribution in [0.5, 0.6) is 17.2 Å². The van der Waals surface area contributed by atoms with Crippen LogP contribution >= 0.6 is 11.6 Å². The molecule has 1 aliphatic heterocycles. The maximum Gasteiger partial charge on any atom is 0.240 e. The van der Waals surface area contributed by atoms with Crippen LogP contribution in [0.25, 0.3) is 0 Å². The molecule has 0 saturated carbocycles. The number of benzene rings is 2. The van der Waals surface area contributed by atoms with Gasteiger partial charge < -0.3 is 19.5 Å². The molecular formula is C19H21ClN2O6S. The van der Waals surface area contributed by atoms with Crippen molar-refractivity contribution in [3.05, 3.63) is 47.5 Å². The van der Waals surface area contributed by atoms with Gasteiger partial charge in [0.05, 0.1) is 25.6 Å². The minimum absolute atomic E-state index is 0.164. The number of hydrogen-bond donors (Lipinski definition) is 1. The van der Waals surface area contributed by atoms with Gasteiger partial charge in [0.2, 0.25) is 15.9 Å². The molecule has 8 nitrogen and oxygen atoms in total. The molecule has 0 bridgehead atoms. The molecule has 29 heavy (non-hydrogen) atoms. The maximum atomic E-state index is 12.5. The van der Waals surface area contributed by atoms with E-state index < -0.39 is 22.5 Å². The van der Waals surface area contributed by atoms with Crippen LogP contribution in [0.3, 0.4) is 0 Å². The van der Waals surface area contributed by atoms with Gasteiger partial charge in [0, 0.05) is 5.02 Å². The summed E-state index contributed by atoms with van der Waals surface area (Å²) in [6.45, 7) is 0.00630. The zero-order valence-corrected chi connectivity index (χ0v) is 17.5. The fraction of sp³-hybridized carbons (Fsp3) is 0.316. The molecule has 0 radical (unpaired) electrons. The smallest absolute Gasteiger partial charge is 0.240 e. The fourth-order valence-corrected chi connectivity index (χ4v) is 3.83. The van der Waals surface area contributed by atoms with E-state index in [1.807, 2.05) is 12.1 Å². The summed E-state index contributed by atoms with van der Waals surface area (Å²) >= 11 is 6.00. The summed E-state index contributed by atoms with van der Waals surface area (Å²) in [5.41, 5.74) is 0.184. The molecule has 1 amide bonds. The highest BCUT2D eigenvalue weighted by atomic mass is 35.5. The molecule has 1 atom stereocenters. The minimum atomic E-state index is -3.77. The van der Waals surface area contributed by atoms with Gasteiger partial charge in [-0.2, -0.15) is 0 Å². The topological polar surface area (TPSA) is 94.2 Å². The molecule has 156 valence electrons. The van der Waals surface area contributed by atoms with Gasteiger partial charge in [0.1, 0.15) is 25.0 Å². The fourth-order valence-electron chi connectivity index (χ4n) is 2.82. The van der Waals surface area contributed by atoms with E-state index in [2.05, 4.69) is 5.32 Å². The number of ether oxygens (including phenoxy) is 3. The van der Waals surface area contributed by atoms with Gasteiger partial charge in [-0.05, 0) is 30.3 Å². The number of halogens is 1. The Bertz CT molecular complexity index is 998. The molecule has 0 unspecified atom stereocenters. The number of sulfonamides is 1. The Kier molecular flexibility index (Phi) is 6.39. The summed E-state index contributed by atoms with van der Waals surface area (Å²) in [7, 11) is -2.36. The largest absolute Gasteiger partial charge is 0.495 e. The monoisotopic (exact) mass is 440 g/mol. The lowest BCUT2D eigenvalue weighted by Gasteiger charge is -2.27.